The molecule has 2 aromatic rings. The summed E-state index contributed by atoms with van der Waals surface area (Å²) in [5.74, 6) is 1.66. The molecule has 0 spiro atoms. The molecule has 0 aliphatic carbocycles. The summed E-state index contributed by atoms with van der Waals surface area (Å²) in [5.41, 5.74) is 2.20. The lowest BCUT2D eigenvalue weighted by molar-refractivity contribution is 0.169. The molecular weight excluding hydrogens is 491 g/mol. The van der Waals surface area contributed by atoms with E-state index in [0.717, 1.165) is 56.5 Å². The smallest absolute Gasteiger partial charge is 0.194 e. The van der Waals surface area contributed by atoms with Crippen molar-refractivity contribution in [2.24, 2.45) is 4.99 Å². The van der Waals surface area contributed by atoms with E-state index in [-0.39, 0.29) is 24.0 Å². The fraction of sp³-hybridized carbons (Fsp3) is 0.435. The van der Waals surface area contributed by atoms with Crippen LogP contribution in [-0.2, 0) is 6.54 Å². The monoisotopic (exact) mass is 524 g/mol. The summed E-state index contributed by atoms with van der Waals surface area (Å²) < 4.78 is 5.17. The lowest BCUT2D eigenvalue weighted by Gasteiger charge is -2.36. The summed E-state index contributed by atoms with van der Waals surface area (Å²) in [6.45, 7) is 8.05. The van der Waals surface area contributed by atoms with Crippen LogP contribution >= 0.6 is 24.0 Å². The maximum Gasteiger partial charge on any atom is 0.194 e. The number of nitrogens with one attached hydrogen (secondary N) is 1. The van der Waals surface area contributed by atoms with E-state index in [2.05, 4.69) is 52.4 Å². The van der Waals surface area contributed by atoms with Gasteiger partial charge in [0, 0.05) is 39.3 Å². The van der Waals surface area contributed by atoms with Crippen molar-refractivity contribution in [2.75, 3.05) is 46.4 Å². The minimum Gasteiger partial charge on any atom is -0.497 e. The van der Waals surface area contributed by atoms with Gasteiger partial charge in [-0.05, 0) is 30.2 Å². The first kappa shape index (κ1) is 24.4. The first-order valence-electron chi connectivity index (χ1n) is 10.3. The van der Waals surface area contributed by atoms with Gasteiger partial charge >= 0.3 is 0 Å². The first-order valence-corrected chi connectivity index (χ1v) is 10.3. The van der Waals surface area contributed by atoms with Crippen LogP contribution in [0.3, 0.4) is 0 Å². The van der Waals surface area contributed by atoms with Crippen molar-refractivity contribution in [3.63, 3.8) is 0 Å². The van der Waals surface area contributed by atoms with E-state index in [1.54, 1.807) is 7.11 Å². The summed E-state index contributed by atoms with van der Waals surface area (Å²) in [5, 5.41) is 13.9. The largest absolute Gasteiger partial charge is 0.497 e. The number of rotatable bonds is 7. The number of methoxy groups -OCH3 is 1. The third-order valence-electron chi connectivity index (χ3n) is 5.17. The number of aliphatic hydroxyl groups is 1. The predicted octanol–water partition coefficient (Wildman–Crippen LogP) is 3.13. The van der Waals surface area contributed by atoms with Gasteiger partial charge in [-0.1, -0.05) is 42.5 Å². The third-order valence-corrected chi connectivity index (χ3v) is 5.17. The first-order chi connectivity index (χ1) is 14.2. The highest BCUT2D eigenvalue weighted by atomic mass is 127. The molecule has 0 amide bonds. The molecule has 6 nitrogen and oxygen atoms in total. The molecule has 1 aliphatic heterocycles. The van der Waals surface area contributed by atoms with Gasteiger partial charge in [0.15, 0.2) is 5.96 Å². The molecule has 1 aliphatic rings. The van der Waals surface area contributed by atoms with Crippen molar-refractivity contribution in [3.8, 4) is 5.75 Å². The topological polar surface area (TPSA) is 60.3 Å². The maximum absolute atomic E-state index is 10.5. The summed E-state index contributed by atoms with van der Waals surface area (Å²) in [4.78, 5) is 9.45. The fourth-order valence-electron chi connectivity index (χ4n) is 3.49. The molecule has 1 atom stereocenters. The van der Waals surface area contributed by atoms with Gasteiger partial charge in [-0.25, -0.2) is 0 Å². The van der Waals surface area contributed by atoms with Gasteiger partial charge in [-0.15, -0.1) is 24.0 Å². The lowest BCUT2D eigenvalue weighted by atomic mass is 10.1. The quantitative estimate of drug-likeness (QED) is 0.331. The van der Waals surface area contributed by atoms with Gasteiger partial charge in [-0.3, -0.25) is 9.89 Å². The van der Waals surface area contributed by atoms with Crippen molar-refractivity contribution < 1.29 is 9.84 Å². The second-order valence-corrected chi connectivity index (χ2v) is 7.23. The minimum atomic E-state index is -0.631. The van der Waals surface area contributed by atoms with E-state index in [1.807, 2.05) is 24.3 Å². The molecule has 1 fully saturated rings. The molecule has 2 N–H and O–H groups in total. The van der Waals surface area contributed by atoms with Crippen LogP contribution < -0.4 is 10.1 Å². The second-order valence-electron chi connectivity index (χ2n) is 7.23. The Morgan fingerprint density at radius 1 is 1.07 bits per heavy atom. The number of aliphatic hydroxyl groups excluding tert-OH is 1. The van der Waals surface area contributed by atoms with Gasteiger partial charge in [0.1, 0.15) is 5.75 Å². The molecular formula is C23H33IN4O2. The van der Waals surface area contributed by atoms with Crippen LogP contribution in [0.4, 0.5) is 0 Å². The zero-order valence-electron chi connectivity index (χ0n) is 17.8. The van der Waals surface area contributed by atoms with Gasteiger partial charge in [0.2, 0.25) is 0 Å². The van der Waals surface area contributed by atoms with E-state index < -0.39 is 6.10 Å². The Balaban J connectivity index is 0.00000320. The number of piperazine rings is 1. The molecule has 30 heavy (non-hydrogen) atoms. The average molecular weight is 524 g/mol. The molecule has 164 valence electrons. The van der Waals surface area contributed by atoms with Crippen molar-refractivity contribution in [2.45, 2.75) is 19.6 Å². The summed E-state index contributed by atoms with van der Waals surface area (Å²) in [6, 6.07) is 18.1. The Bertz CT molecular complexity index is 763. The Hall–Kier alpha value is -1.84. The molecule has 1 saturated heterocycles. The van der Waals surface area contributed by atoms with Gasteiger partial charge < -0.3 is 20.1 Å². The van der Waals surface area contributed by atoms with Crippen LogP contribution in [0.2, 0.25) is 0 Å². The average Bonchev–Trinajstić information content (AvgIpc) is 2.78. The number of halogens is 1. The molecule has 1 unspecified atom stereocenters. The van der Waals surface area contributed by atoms with Crippen LogP contribution in [-0.4, -0.2) is 67.2 Å². The number of benzene rings is 2. The molecule has 1 heterocycles. The Morgan fingerprint density at radius 3 is 2.33 bits per heavy atom. The van der Waals surface area contributed by atoms with Gasteiger partial charge in [0.25, 0.3) is 0 Å². The Morgan fingerprint density at radius 2 is 1.73 bits per heavy atom. The number of hydrogen-bond donors (Lipinski definition) is 2. The van der Waals surface area contributed by atoms with Crippen LogP contribution in [0, 0.1) is 0 Å². The van der Waals surface area contributed by atoms with E-state index >= 15 is 0 Å². The minimum absolute atomic E-state index is 0. The van der Waals surface area contributed by atoms with Crippen molar-refractivity contribution >= 4 is 29.9 Å². The SMILES string of the molecule is CCNC(=NCC(O)c1ccc(OC)cc1)N1CCN(Cc2ccccc2)CC1.I. The van der Waals surface area contributed by atoms with Crippen molar-refractivity contribution in [1.82, 2.24) is 15.1 Å². The Labute approximate surface area is 197 Å². The second kappa shape index (κ2) is 12.8. The molecule has 0 radical (unpaired) electrons. The molecule has 0 saturated carbocycles. The summed E-state index contributed by atoms with van der Waals surface area (Å²) in [6.07, 6.45) is -0.631. The zero-order valence-corrected chi connectivity index (χ0v) is 20.2. The lowest BCUT2D eigenvalue weighted by Crippen LogP contribution is -2.52. The molecule has 3 rings (SSSR count). The molecule has 0 bridgehead atoms. The van der Waals surface area contributed by atoms with Crippen LogP contribution in [0.25, 0.3) is 0 Å². The summed E-state index contributed by atoms with van der Waals surface area (Å²) >= 11 is 0. The van der Waals surface area contributed by atoms with E-state index in [4.69, 9.17) is 9.73 Å². The molecule has 7 heteroatoms. The fourth-order valence-corrected chi connectivity index (χ4v) is 3.49. The maximum atomic E-state index is 10.5. The number of ether oxygens (including phenoxy) is 1. The number of nitrogens with zero attached hydrogens (tertiary/aromatic N) is 3. The molecule has 0 aromatic heterocycles. The highest BCUT2D eigenvalue weighted by molar-refractivity contribution is 14.0. The normalized spacial score (nSPS) is 16.0. The number of guanidine groups is 1. The van der Waals surface area contributed by atoms with Crippen LogP contribution in [0.1, 0.15) is 24.2 Å². The van der Waals surface area contributed by atoms with E-state index in [1.165, 1.54) is 5.56 Å². The van der Waals surface area contributed by atoms with Crippen LogP contribution in [0.15, 0.2) is 59.6 Å². The van der Waals surface area contributed by atoms with Gasteiger partial charge in [0.05, 0.1) is 19.8 Å². The number of aliphatic imine (C=N–C) groups is 1. The van der Waals surface area contributed by atoms with Crippen LogP contribution in [0.5, 0.6) is 5.75 Å². The Kier molecular flexibility index (Phi) is 10.4. The third kappa shape index (κ3) is 7.14. The molecule has 2 aromatic carbocycles. The van der Waals surface area contributed by atoms with Gasteiger partial charge in [-0.2, -0.15) is 0 Å². The standard InChI is InChI=1S/C23H32N4O2.HI/c1-3-24-23(25-17-22(28)20-9-11-21(29-2)12-10-20)27-15-13-26(14-16-27)18-19-7-5-4-6-8-19;/h4-12,22,28H,3,13-18H2,1-2H3,(H,24,25);1H. The summed E-state index contributed by atoms with van der Waals surface area (Å²) in [7, 11) is 1.64. The van der Waals surface area contributed by atoms with Crippen molar-refractivity contribution in [1.29, 1.82) is 0 Å². The number of hydrogen-bond acceptors (Lipinski definition) is 4. The highest BCUT2D eigenvalue weighted by Gasteiger charge is 2.20. The van der Waals surface area contributed by atoms with E-state index in [0.29, 0.717) is 6.54 Å². The predicted molar refractivity (Wildman–Crippen MR) is 133 cm³/mol. The van der Waals surface area contributed by atoms with Crippen molar-refractivity contribution in [3.05, 3.63) is 65.7 Å². The van der Waals surface area contributed by atoms with E-state index in [9.17, 15) is 5.11 Å². The highest BCUT2D eigenvalue weighted by Crippen LogP contribution is 2.18. The zero-order chi connectivity index (χ0) is 20.5.